The number of hydrogen-bond acceptors (Lipinski definition) is 6. The highest BCUT2D eigenvalue weighted by Crippen LogP contribution is 2.38. The fraction of sp³-hybridized carbons (Fsp3) is 0.875. The van der Waals surface area contributed by atoms with Gasteiger partial charge in [-0.1, -0.05) is 249 Å². The topological polar surface area (TPSA) is 108 Å². The number of nitrogens with one attached hydrogen (secondary N) is 1. The molecule has 8 nitrogen and oxygen atoms in total. The number of phosphoric ester groups is 1. The van der Waals surface area contributed by atoms with Crippen molar-refractivity contribution in [3.05, 3.63) is 36.5 Å². The quantitative estimate of drug-likeness (QED) is 0.0272. The molecule has 65 heavy (non-hydrogen) atoms. The first-order chi connectivity index (χ1) is 31.5. The van der Waals surface area contributed by atoms with Gasteiger partial charge in [-0.3, -0.25) is 9.36 Å². The summed E-state index contributed by atoms with van der Waals surface area (Å²) >= 11 is 0. The normalized spacial score (nSPS) is 14.3. The van der Waals surface area contributed by atoms with Crippen LogP contribution in [0.15, 0.2) is 36.5 Å². The third kappa shape index (κ3) is 50.4. The number of phosphoric acid groups is 1. The number of hydrogen-bond donors (Lipinski definition) is 2. The molecule has 9 heteroatoms. The van der Waals surface area contributed by atoms with Crippen LogP contribution < -0.4 is 10.2 Å². The Morgan fingerprint density at radius 2 is 0.862 bits per heavy atom. The molecule has 2 N–H and O–H groups in total. The summed E-state index contributed by atoms with van der Waals surface area (Å²) in [7, 11) is 1.24. The van der Waals surface area contributed by atoms with Gasteiger partial charge in [-0.2, -0.15) is 0 Å². The van der Waals surface area contributed by atoms with Gasteiger partial charge in [0.1, 0.15) is 13.2 Å². The molecule has 0 heterocycles. The number of carbonyl (C=O) groups is 1. The lowest BCUT2D eigenvalue weighted by Crippen LogP contribution is -2.45. The van der Waals surface area contributed by atoms with Crippen LogP contribution in [0.25, 0.3) is 0 Å². The molecular formula is C56H109N2O6P. The smallest absolute Gasteiger partial charge is 0.268 e. The van der Waals surface area contributed by atoms with Crippen molar-refractivity contribution in [3.8, 4) is 0 Å². The molecule has 0 aromatic carbocycles. The predicted octanol–water partition coefficient (Wildman–Crippen LogP) is 16.0. The van der Waals surface area contributed by atoms with Crippen molar-refractivity contribution in [1.82, 2.24) is 5.32 Å². The minimum absolute atomic E-state index is 0.00760. The number of amides is 1. The number of carbonyl (C=O) groups excluding carboxylic acids is 1. The Bertz CT molecular complexity index is 1150. The Hall–Kier alpha value is -1.28. The molecule has 0 rings (SSSR count). The van der Waals surface area contributed by atoms with Crippen molar-refractivity contribution < 1.29 is 32.9 Å². The molecule has 0 spiro atoms. The van der Waals surface area contributed by atoms with E-state index in [1.54, 1.807) is 6.08 Å². The zero-order valence-corrected chi connectivity index (χ0v) is 44.6. The van der Waals surface area contributed by atoms with Gasteiger partial charge in [-0.25, -0.2) is 0 Å². The van der Waals surface area contributed by atoms with Gasteiger partial charge in [0.05, 0.1) is 39.9 Å². The van der Waals surface area contributed by atoms with Gasteiger partial charge >= 0.3 is 0 Å². The number of unbranched alkanes of at least 4 members (excludes halogenated alkanes) is 34. The SMILES string of the molecule is CCCCCCCCCCCCCCCCCCCCC/C=C/CC/C=C/CC/C=C/C(O)C(COP(=O)([O-])OCC[N+](C)(C)C)NC(=O)CCCCCCCCCCCCCCCC. The summed E-state index contributed by atoms with van der Waals surface area (Å²) in [5.74, 6) is -0.209. The van der Waals surface area contributed by atoms with E-state index < -0.39 is 26.6 Å². The number of rotatable bonds is 51. The highest BCUT2D eigenvalue weighted by molar-refractivity contribution is 7.45. The average molecular weight is 937 g/mol. The van der Waals surface area contributed by atoms with Crippen molar-refractivity contribution >= 4 is 13.7 Å². The second-order valence-corrected chi connectivity index (χ2v) is 21.7. The van der Waals surface area contributed by atoms with E-state index in [1.807, 2.05) is 27.2 Å². The number of allylic oxidation sites excluding steroid dienone is 5. The fourth-order valence-electron chi connectivity index (χ4n) is 8.19. The van der Waals surface area contributed by atoms with Crippen molar-refractivity contribution in [3.63, 3.8) is 0 Å². The van der Waals surface area contributed by atoms with Gasteiger partial charge in [-0.15, -0.1) is 0 Å². The zero-order valence-electron chi connectivity index (χ0n) is 43.7. The van der Waals surface area contributed by atoms with Crippen molar-refractivity contribution in [2.45, 2.75) is 276 Å². The molecule has 0 saturated carbocycles. The first-order valence-corrected chi connectivity index (χ1v) is 29.3. The van der Waals surface area contributed by atoms with Gasteiger partial charge < -0.3 is 28.8 Å². The highest BCUT2D eigenvalue weighted by Gasteiger charge is 2.23. The third-order valence-electron chi connectivity index (χ3n) is 12.6. The van der Waals surface area contributed by atoms with Crippen LogP contribution in [-0.2, 0) is 18.4 Å². The maximum absolute atomic E-state index is 12.9. The first-order valence-electron chi connectivity index (χ1n) is 27.9. The molecule has 0 aliphatic carbocycles. The standard InChI is InChI=1S/C56H109N2O6P/c1-6-8-10-12-14-16-18-20-22-23-24-25-26-27-28-29-30-31-32-33-34-35-36-37-39-41-43-45-47-49-55(59)54(53-64-65(61,62)63-52-51-58(3,4)5)57-56(60)50-48-46-44-42-40-38-21-19-17-15-13-11-9-7-2/h34-35,39,41,47,49,54-55,59H,6-33,36-38,40,42-46,48,50-53H2,1-5H3,(H-,57,60,61,62)/b35-34+,41-39+,49-47+. The third-order valence-corrected chi connectivity index (χ3v) is 13.5. The van der Waals surface area contributed by atoms with Crippen LogP contribution in [0.3, 0.4) is 0 Å². The maximum Gasteiger partial charge on any atom is 0.268 e. The second kappa shape index (κ2) is 47.8. The molecule has 0 fully saturated rings. The lowest BCUT2D eigenvalue weighted by atomic mass is 10.0. The van der Waals surface area contributed by atoms with Crippen LogP contribution in [0.4, 0.5) is 0 Å². The molecule has 0 aromatic rings. The molecule has 0 aliphatic rings. The summed E-state index contributed by atoms with van der Waals surface area (Å²) in [6, 6.07) is -0.907. The molecule has 3 unspecified atom stereocenters. The van der Waals surface area contributed by atoms with E-state index in [1.165, 1.54) is 199 Å². The largest absolute Gasteiger partial charge is 0.756 e. The van der Waals surface area contributed by atoms with Crippen molar-refractivity contribution in [2.75, 3.05) is 40.9 Å². The van der Waals surface area contributed by atoms with E-state index in [9.17, 15) is 19.4 Å². The molecule has 0 bridgehead atoms. The zero-order chi connectivity index (χ0) is 47.8. The van der Waals surface area contributed by atoms with Crippen LogP contribution in [0.2, 0.25) is 0 Å². The van der Waals surface area contributed by atoms with Crippen molar-refractivity contribution in [1.29, 1.82) is 0 Å². The number of aliphatic hydroxyl groups is 1. The van der Waals surface area contributed by atoms with Gasteiger partial charge in [0.2, 0.25) is 5.91 Å². The number of nitrogens with zero attached hydrogens (tertiary/aromatic N) is 1. The molecule has 0 aromatic heterocycles. The van der Waals surface area contributed by atoms with E-state index in [2.05, 4.69) is 43.5 Å². The van der Waals surface area contributed by atoms with Crippen LogP contribution in [0.1, 0.15) is 264 Å². The summed E-state index contributed by atoms with van der Waals surface area (Å²) in [4.78, 5) is 25.4. The van der Waals surface area contributed by atoms with Gasteiger partial charge in [0, 0.05) is 6.42 Å². The minimum atomic E-state index is -4.60. The van der Waals surface area contributed by atoms with E-state index >= 15 is 0 Å². The number of likely N-dealkylation sites (N-methyl/N-ethyl adjacent to an activating group) is 1. The van der Waals surface area contributed by atoms with Gasteiger partial charge in [0.15, 0.2) is 0 Å². The van der Waals surface area contributed by atoms with Gasteiger partial charge in [-0.05, 0) is 44.9 Å². The first kappa shape index (κ1) is 63.7. The van der Waals surface area contributed by atoms with Crippen LogP contribution in [0, 0.1) is 0 Å². The number of aliphatic hydroxyl groups excluding tert-OH is 1. The number of quaternary nitrogens is 1. The molecule has 0 radical (unpaired) electrons. The predicted molar refractivity (Wildman–Crippen MR) is 279 cm³/mol. The van der Waals surface area contributed by atoms with E-state index in [4.69, 9.17) is 9.05 Å². The van der Waals surface area contributed by atoms with Crippen LogP contribution in [0.5, 0.6) is 0 Å². The molecule has 1 amide bonds. The molecular weight excluding hydrogens is 828 g/mol. The van der Waals surface area contributed by atoms with E-state index in [0.29, 0.717) is 17.4 Å². The fourth-order valence-corrected chi connectivity index (χ4v) is 8.91. The average Bonchev–Trinajstić information content (AvgIpc) is 3.26. The molecule has 384 valence electrons. The Balaban J connectivity index is 4.22. The Morgan fingerprint density at radius 3 is 1.25 bits per heavy atom. The van der Waals surface area contributed by atoms with E-state index in [0.717, 1.165) is 44.9 Å². The second-order valence-electron chi connectivity index (χ2n) is 20.3. The Labute approximate surface area is 404 Å². The summed E-state index contributed by atoms with van der Waals surface area (Å²) in [6.07, 6.45) is 60.9. The lowest BCUT2D eigenvalue weighted by Gasteiger charge is -2.29. The van der Waals surface area contributed by atoms with Gasteiger partial charge in [0.25, 0.3) is 7.82 Å². The van der Waals surface area contributed by atoms with Crippen LogP contribution >= 0.6 is 7.82 Å². The van der Waals surface area contributed by atoms with Crippen LogP contribution in [-0.4, -0.2) is 68.5 Å². The lowest BCUT2D eigenvalue weighted by molar-refractivity contribution is -0.870. The molecule has 0 aliphatic heterocycles. The summed E-state index contributed by atoms with van der Waals surface area (Å²) in [5.41, 5.74) is 0. The Morgan fingerprint density at radius 1 is 0.523 bits per heavy atom. The molecule has 0 saturated heterocycles. The minimum Gasteiger partial charge on any atom is -0.756 e. The summed E-state index contributed by atoms with van der Waals surface area (Å²) < 4.78 is 23.3. The molecule has 3 atom stereocenters. The van der Waals surface area contributed by atoms with Crippen molar-refractivity contribution in [2.24, 2.45) is 0 Å². The summed E-state index contributed by atoms with van der Waals surface area (Å²) in [5, 5.41) is 13.8. The Kier molecular flexibility index (Phi) is 46.8. The highest BCUT2D eigenvalue weighted by atomic mass is 31.2. The maximum atomic E-state index is 12.9. The van der Waals surface area contributed by atoms with E-state index in [-0.39, 0.29) is 12.5 Å². The monoisotopic (exact) mass is 937 g/mol. The summed E-state index contributed by atoms with van der Waals surface area (Å²) in [6.45, 7) is 4.64.